The van der Waals surface area contributed by atoms with Crippen molar-refractivity contribution in [3.63, 3.8) is 0 Å². The number of carboxylic acid groups (broad SMARTS) is 1. The minimum atomic E-state index is -3.10. The fourth-order valence-electron chi connectivity index (χ4n) is 2.27. The summed E-state index contributed by atoms with van der Waals surface area (Å²) in [6.45, 7) is 0.427. The Kier molecular flexibility index (Phi) is 5.37. The summed E-state index contributed by atoms with van der Waals surface area (Å²) in [5.74, 6) is 0. The molecule has 0 bridgehead atoms. The van der Waals surface area contributed by atoms with Crippen LogP contribution in [0.1, 0.15) is 24.6 Å². The maximum absolute atomic E-state index is 13.1. The van der Waals surface area contributed by atoms with Crippen LogP contribution < -0.4 is 5.32 Å². The molecule has 0 aliphatic rings. The number of carbonyl (C=O) groups is 1. The first-order valence-corrected chi connectivity index (χ1v) is 6.91. The summed E-state index contributed by atoms with van der Waals surface area (Å²) >= 11 is 0. The van der Waals surface area contributed by atoms with E-state index >= 15 is 0 Å². The second kappa shape index (κ2) is 7.47. The number of hydrogen-bond acceptors (Lipinski definition) is 5. The van der Waals surface area contributed by atoms with Crippen LogP contribution in [0.25, 0.3) is 11.4 Å². The van der Waals surface area contributed by atoms with Gasteiger partial charge in [0.05, 0.1) is 16.7 Å². The summed E-state index contributed by atoms with van der Waals surface area (Å²) in [6, 6.07) is 2.06. The predicted octanol–water partition coefficient (Wildman–Crippen LogP) is 3.13. The molecule has 0 saturated carbocycles. The van der Waals surface area contributed by atoms with E-state index in [0.29, 0.717) is 11.8 Å². The number of nitrogens with zero attached hydrogens (tertiary/aromatic N) is 4. The van der Waals surface area contributed by atoms with E-state index < -0.39 is 35.0 Å². The van der Waals surface area contributed by atoms with Gasteiger partial charge in [-0.05, 0) is 24.1 Å². The Balaban J connectivity index is 2.55. The Morgan fingerprint density at radius 3 is 2.84 bits per heavy atom. The van der Waals surface area contributed by atoms with E-state index in [9.17, 15) is 23.7 Å². The lowest BCUT2D eigenvalue weighted by molar-refractivity contribution is -0.384. The zero-order chi connectivity index (χ0) is 18.6. The second-order valence-corrected chi connectivity index (χ2v) is 4.86. The van der Waals surface area contributed by atoms with Gasteiger partial charge in [0.15, 0.2) is 5.69 Å². The summed E-state index contributed by atoms with van der Waals surface area (Å²) in [5.41, 5.74) is -0.821. The van der Waals surface area contributed by atoms with Crippen molar-refractivity contribution < 1.29 is 23.6 Å². The van der Waals surface area contributed by atoms with E-state index in [1.165, 1.54) is 24.4 Å². The van der Waals surface area contributed by atoms with Crippen molar-refractivity contribution in [2.24, 2.45) is 0 Å². The first-order chi connectivity index (χ1) is 11.8. The minimum absolute atomic E-state index is 0.122. The molecule has 11 heteroatoms. The van der Waals surface area contributed by atoms with Gasteiger partial charge in [-0.2, -0.15) is 18.6 Å². The van der Waals surface area contributed by atoms with Gasteiger partial charge in [-0.25, -0.2) is 4.79 Å². The van der Waals surface area contributed by atoms with Gasteiger partial charge in [-0.1, -0.05) is 6.08 Å². The zero-order valence-electron chi connectivity index (χ0n) is 12.7. The Morgan fingerprint density at radius 1 is 1.56 bits per heavy atom. The van der Waals surface area contributed by atoms with Crippen molar-refractivity contribution in [3.05, 3.63) is 52.9 Å². The number of amides is 1. The number of aromatic nitrogens is 3. The molecule has 1 atom stereocenters. The highest BCUT2D eigenvalue weighted by Gasteiger charge is 2.27. The molecule has 2 rings (SSSR count). The Bertz CT molecular complexity index is 808. The molecule has 2 aromatic heterocycles. The van der Waals surface area contributed by atoms with Gasteiger partial charge in [0.1, 0.15) is 6.20 Å². The number of hydrogen-bond donors (Lipinski definition) is 2. The molecule has 0 saturated heterocycles. The van der Waals surface area contributed by atoms with E-state index in [2.05, 4.69) is 22.0 Å². The number of alkyl halides is 2. The van der Waals surface area contributed by atoms with E-state index in [0.717, 1.165) is 0 Å². The molecular weight excluding hydrogens is 340 g/mol. The van der Waals surface area contributed by atoms with E-state index in [1.807, 2.05) is 0 Å². The molecule has 9 nitrogen and oxygen atoms in total. The van der Waals surface area contributed by atoms with Gasteiger partial charge in [-0.15, -0.1) is 6.58 Å². The van der Waals surface area contributed by atoms with Crippen molar-refractivity contribution in [2.45, 2.75) is 19.0 Å². The number of halogens is 2. The summed E-state index contributed by atoms with van der Waals surface area (Å²) in [4.78, 5) is 25.0. The minimum Gasteiger partial charge on any atom is -0.465 e. The third-order valence-electron chi connectivity index (χ3n) is 3.29. The highest BCUT2D eigenvalue weighted by atomic mass is 19.3. The molecule has 1 unspecified atom stereocenters. The fourth-order valence-corrected chi connectivity index (χ4v) is 2.27. The van der Waals surface area contributed by atoms with Gasteiger partial charge >= 0.3 is 18.3 Å². The first-order valence-electron chi connectivity index (χ1n) is 6.91. The largest absolute Gasteiger partial charge is 0.465 e. The van der Waals surface area contributed by atoms with Crippen LogP contribution in [0.15, 0.2) is 37.2 Å². The summed E-state index contributed by atoms with van der Waals surface area (Å²) in [6.07, 6.45) is 2.39. The third kappa shape index (κ3) is 3.94. The van der Waals surface area contributed by atoms with Gasteiger partial charge in [0, 0.05) is 6.20 Å². The molecule has 0 spiro atoms. The SMILES string of the molecule is C=CCC(NC(=O)O)c1ccnc(-c2c([N+](=O)[O-])cnn2C(F)F)c1. The lowest BCUT2D eigenvalue weighted by atomic mass is 10.0. The quantitative estimate of drug-likeness (QED) is 0.448. The zero-order valence-corrected chi connectivity index (χ0v) is 12.7. The van der Waals surface area contributed by atoms with Crippen molar-refractivity contribution >= 4 is 11.8 Å². The number of nitrogens with one attached hydrogen (secondary N) is 1. The molecule has 2 aromatic rings. The van der Waals surface area contributed by atoms with Crippen molar-refractivity contribution in [2.75, 3.05) is 0 Å². The lowest BCUT2D eigenvalue weighted by Gasteiger charge is -2.16. The van der Waals surface area contributed by atoms with Crippen LogP contribution >= 0.6 is 0 Å². The molecular formula is C14H13F2N5O4. The predicted molar refractivity (Wildman–Crippen MR) is 82.1 cm³/mol. The maximum Gasteiger partial charge on any atom is 0.405 e. The summed E-state index contributed by atoms with van der Waals surface area (Å²) in [5, 5.41) is 25.6. The average molecular weight is 353 g/mol. The number of pyridine rings is 1. The van der Waals surface area contributed by atoms with Crippen molar-refractivity contribution in [1.29, 1.82) is 0 Å². The van der Waals surface area contributed by atoms with Crippen molar-refractivity contribution in [3.8, 4) is 11.4 Å². The van der Waals surface area contributed by atoms with Crippen LogP contribution in [-0.2, 0) is 0 Å². The molecule has 0 fully saturated rings. The molecule has 2 N–H and O–H groups in total. The molecule has 132 valence electrons. The summed E-state index contributed by atoms with van der Waals surface area (Å²) < 4.78 is 26.4. The summed E-state index contributed by atoms with van der Waals surface area (Å²) in [7, 11) is 0. The van der Waals surface area contributed by atoms with Crippen LogP contribution in [0.5, 0.6) is 0 Å². The van der Waals surface area contributed by atoms with E-state index in [4.69, 9.17) is 5.11 Å². The second-order valence-electron chi connectivity index (χ2n) is 4.86. The third-order valence-corrected chi connectivity index (χ3v) is 3.29. The van der Waals surface area contributed by atoms with Gasteiger partial charge in [0.25, 0.3) is 0 Å². The molecule has 0 aliphatic carbocycles. The number of rotatable bonds is 7. The molecule has 2 heterocycles. The van der Waals surface area contributed by atoms with Crippen molar-refractivity contribution in [1.82, 2.24) is 20.1 Å². The molecule has 0 radical (unpaired) electrons. The monoisotopic (exact) mass is 353 g/mol. The highest BCUT2D eigenvalue weighted by Crippen LogP contribution is 2.32. The van der Waals surface area contributed by atoms with Crippen LogP contribution in [-0.4, -0.2) is 30.9 Å². The maximum atomic E-state index is 13.1. The first kappa shape index (κ1) is 18.0. The Hall–Kier alpha value is -3.37. The molecule has 0 aromatic carbocycles. The Morgan fingerprint density at radius 2 is 2.28 bits per heavy atom. The van der Waals surface area contributed by atoms with E-state index in [1.54, 1.807) is 0 Å². The van der Waals surface area contributed by atoms with Crippen LogP contribution in [0.2, 0.25) is 0 Å². The number of nitro groups is 1. The van der Waals surface area contributed by atoms with Gasteiger partial charge in [-0.3, -0.25) is 15.1 Å². The normalized spacial score (nSPS) is 12.0. The van der Waals surface area contributed by atoms with Gasteiger partial charge in [0.2, 0.25) is 0 Å². The van der Waals surface area contributed by atoms with Crippen LogP contribution in [0.3, 0.4) is 0 Å². The average Bonchev–Trinajstić information content (AvgIpc) is 2.99. The molecule has 1 amide bonds. The lowest BCUT2D eigenvalue weighted by Crippen LogP contribution is -2.26. The topological polar surface area (TPSA) is 123 Å². The standard InChI is InChI=1S/C14H13F2N5O4/c1-2-3-9(19-14(22)23)8-4-5-17-10(6-8)12-11(21(24)25)7-18-20(12)13(15)16/h2,4-7,9,13,19H,1,3H2,(H,22,23). The van der Waals surface area contributed by atoms with Crippen LogP contribution in [0.4, 0.5) is 19.3 Å². The molecule has 0 aliphatic heterocycles. The smallest absolute Gasteiger partial charge is 0.405 e. The Labute approximate surface area is 139 Å². The highest BCUT2D eigenvalue weighted by molar-refractivity contribution is 5.68. The molecule has 25 heavy (non-hydrogen) atoms. The van der Waals surface area contributed by atoms with E-state index in [-0.39, 0.29) is 16.8 Å². The van der Waals surface area contributed by atoms with Gasteiger partial charge < -0.3 is 10.4 Å². The van der Waals surface area contributed by atoms with Crippen LogP contribution in [0, 0.1) is 10.1 Å². The fraction of sp³-hybridized carbons (Fsp3) is 0.214.